The summed E-state index contributed by atoms with van der Waals surface area (Å²) in [4.78, 5) is 0. The van der Waals surface area contributed by atoms with Crippen LogP contribution in [0.5, 0.6) is 0 Å². The molecule has 1 nitrogen and oxygen atoms in total. The summed E-state index contributed by atoms with van der Waals surface area (Å²) in [7, 11) is 0. The van der Waals surface area contributed by atoms with Crippen molar-refractivity contribution < 1.29 is 0 Å². The molecule has 0 aliphatic heterocycles. The number of hydrogen-bond acceptors (Lipinski definition) is 1. The van der Waals surface area contributed by atoms with E-state index in [1.807, 2.05) is 0 Å². The minimum atomic E-state index is 0.793. The monoisotopic (exact) mass is 714 g/mol. The molecule has 1 heteroatoms. The van der Waals surface area contributed by atoms with Gasteiger partial charge in [-0.05, 0) is 245 Å². The van der Waals surface area contributed by atoms with Gasteiger partial charge < -0.3 is 5.32 Å². The molecule has 6 aliphatic rings. The fraction of sp³-hybridized carbons (Fsp3) is 0.882. The van der Waals surface area contributed by atoms with Gasteiger partial charge in [0.15, 0.2) is 0 Å². The Morgan fingerprint density at radius 3 is 1.46 bits per heavy atom. The molecule has 6 fully saturated rings. The van der Waals surface area contributed by atoms with E-state index < -0.39 is 0 Å². The Morgan fingerprint density at radius 1 is 0.462 bits per heavy atom. The minimum absolute atomic E-state index is 0.793. The molecule has 52 heavy (non-hydrogen) atoms. The van der Waals surface area contributed by atoms with Crippen molar-refractivity contribution in [3.63, 3.8) is 0 Å². The van der Waals surface area contributed by atoms with Crippen LogP contribution in [0.15, 0.2) is 36.5 Å². The topological polar surface area (TPSA) is 12.0 Å². The molecular formula is C51H87N. The summed E-state index contributed by atoms with van der Waals surface area (Å²) in [5, 5.41) is 3.87. The van der Waals surface area contributed by atoms with E-state index in [-0.39, 0.29) is 0 Å². The zero-order chi connectivity index (χ0) is 36.5. The van der Waals surface area contributed by atoms with E-state index in [1.54, 1.807) is 25.7 Å². The average molecular weight is 714 g/mol. The van der Waals surface area contributed by atoms with Crippen molar-refractivity contribution >= 4 is 0 Å². The van der Waals surface area contributed by atoms with Crippen LogP contribution >= 0.6 is 0 Å². The van der Waals surface area contributed by atoms with E-state index in [0.717, 1.165) is 94.8 Å². The van der Waals surface area contributed by atoms with Crippen molar-refractivity contribution in [3.05, 3.63) is 36.5 Å². The van der Waals surface area contributed by atoms with Gasteiger partial charge in [-0.2, -0.15) is 0 Å². The normalized spacial score (nSPS) is 45.6. The first-order chi connectivity index (χ1) is 25.5. The second-order valence-electron chi connectivity index (χ2n) is 20.2. The SMILES string of the molecule is C/C=C/C1CCC(C2CCC(C)C(C3CC(C4CCC(/C=C/C)C(C5CC(C6CCC(NCCC)CC6)CCC5/C=C/C)C4)CCC3CC)C2)CC1. The Balaban J connectivity index is 1.13. The lowest BCUT2D eigenvalue weighted by Crippen LogP contribution is -2.43. The third-order valence-electron chi connectivity index (χ3n) is 17.6. The van der Waals surface area contributed by atoms with Crippen LogP contribution in [0.1, 0.15) is 183 Å². The lowest BCUT2D eigenvalue weighted by atomic mass is 9.54. The summed E-state index contributed by atoms with van der Waals surface area (Å²) >= 11 is 0. The van der Waals surface area contributed by atoms with Crippen LogP contribution in [0.2, 0.25) is 0 Å². The molecule has 0 spiro atoms. The van der Waals surface area contributed by atoms with E-state index in [1.165, 1.54) is 122 Å². The third-order valence-corrected chi connectivity index (χ3v) is 17.6. The highest BCUT2D eigenvalue weighted by Gasteiger charge is 2.47. The largest absolute Gasteiger partial charge is 0.314 e. The summed E-state index contributed by atoms with van der Waals surface area (Å²) in [6, 6.07) is 0.793. The maximum Gasteiger partial charge on any atom is 0.00672 e. The van der Waals surface area contributed by atoms with Crippen molar-refractivity contribution in [1.82, 2.24) is 5.32 Å². The quantitative estimate of drug-likeness (QED) is 0.199. The van der Waals surface area contributed by atoms with E-state index >= 15 is 0 Å². The third kappa shape index (κ3) is 10.1. The standard InChI is InChI=1S/C51H87N/c1-7-12-37-16-19-39(20-17-37)43-18-15-36(6)48(32-43)49-34-45(24-21-38(49)11-5)46-26-23-42(14-9-3)51(35-46)50-33-44(25-22-41(50)13-8-2)40-27-29-47(30-28-40)52-31-10-4/h7-9,12-14,36-52H,10-11,15-35H2,1-6H3/b12-7+,13-8+,14-9+. The molecule has 0 radical (unpaired) electrons. The van der Waals surface area contributed by atoms with Crippen molar-refractivity contribution in [2.24, 2.45) is 88.8 Å². The van der Waals surface area contributed by atoms with Crippen molar-refractivity contribution in [1.29, 1.82) is 0 Å². The molecule has 6 saturated carbocycles. The Kier molecular flexibility index (Phi) is 16.0. The zero-order valence-corrected chi connectivity index (χ0v) is 35.5. The molecule has 12 unspecified atom stereocenters. The summed E-state index contributed by atoms with van der Waals surface area (Å²) in [6.07, 6.45) is 47.8. The number of nitrogens with one attached hydrogen (secondary N) is 1. The van der Waals surface area contributed by atoms with Gasteiger partial charge in [-0.25, -0.2) is 0 Å². The highest BCUT2D eigenvalue weighted by atomic mass is 14.9. The molecule has 12 atom stereocenters. The first-order valence-electron chi connectivity index (χ1n) is 24.1. The Bertz CT molecular complexity index is 1100. The summed E-state index contributed by atoms with van der Waals surface area (Å²) in [5.41, 5.74) is 0. The zero-order valence-electron chi connectivity index (χ0n) is 35.5. The van der Waals surface area contributed by atoms with Crippen molar-refractivity contribution in [2.45, 2.75) is 189 Å². The molecule has 1 N–H and O–H groups in total. The number of hydrogen-bond donors (Lipinski definition) is 1. The van der Waals surface area contributed by atoms with Gasteiger partial charge in [0.1, 0.15) is 0 Å². The summed E-state index contributed by atoms with van der Waals surface area (Å²) < 4.78 is 0. The molecule has 0 aromatic carbocycles. The van der Waals surface area contributed by atoms with Crippen LogP contribution in [0, 0.1) is 88.8 Å². The number of allylic oxidation sites excluding steroid dienone is 6. The first kappa shape index (κ1) is 40.8. The van der Waals surface area contributed by atoms with Crippen LogP contribution in [-0.2, 0) is 0 Å². The molecule has 6 aliphatic carbocycles. The van der Waals surface area contributed by atoms with Gasteiger partial charge in [0.25, 0.3) is 0 Å². The van der Waals surface area contributed by atoms with Gasteiger partial charge in [-0.1, -0.05) is 70.1 Å². The number of rotatable bonds is 12. The summed E-state index contributed by atoms with van der Waals surface area (Å²) in [6.45, 7) is 15.6. The smallest absolute Gasteiger partial charge is 0.00672 e. The molecule has 0 bridgehead atoms. The van der Waals surface area contributed by atoms with E-state index in [9.17, 15) is 0 Å². The molecule has 0 heterocycles. The average Bonchev–Trinajstić information content (AvgIpc) is 3.18. The highest BCUT2D eigenvalue weighted by molar-refractivity contribution is 5.04. The Hall–Kier alpha value is -0.820. The summed E-state index contributed by atoms with van der Waals surface area (Å²) in [5.74, 6) is 14.3. The van der Waals surface area contributed by atoms with Gasteiger partial charge in [-0.15, -0.1) is 0 Å². The maximum atomic E-state index is 3.87. The predicted molar refractivity (Wildman–Crippen MR) is 227 cm³/mol. The van der Waals surface area contributed by atoms with Crippen molar-refractivity contribution in [3.8, 4) is 0 Å². The Labute approximate surface area is 324 Å². The predicted octanol–water partition coefficient (Wildman–Crippen LogP) is 14.6. The molecule has 296 valence electrons. The molecular weight excluding hydrogens is 627 g/mol. The lowest BCUT2D eigenvalue weighted by Gasteiger charge is -2.51. The van der Waals surface area contributed by atoms with Crippen molar-refractivity contribution in [2.75, 3.05) is 6.54 Å². The van der Waals surface area contributed by atoms with Crippen LogP contribution < -0.4 is 5.32 Å². The van der Waals surface area contributed by atoms with Gasteiger partial charge in [0.2, 0.25) is 0 Å². The van der Waals surface area contributed by atoms with E-state index in [4.69, 9.17) is 0 Å². The fourth-order valence-electron chi connectivity index (χ4n) is 14.7. The second-order valence-corrected chi connectivity index (χ2v) is 20.2. The highest BCUT2D eigenvalue weighted by Crippen LogP contribution is 2.56. The second kappa shape index (κ2) is 20.4. The lowest BCUT2D eigenvalue weighted by molar-refractivity contribution is -0.00641. The fourth-order valence-corrected chi connectivity index (χ4v) is 14.7. The maximum absolute atomic E-state index is 3.87. The first-order valence-corrected chi connectivity index (χ1v) is 24.1. The van der Waals surface area contributed by atoms with Gasteiger partial charge in [0.05, 0.1) is 0 Å². The molecule has 0 amide bonds. The molecule has 0 aromatic rings. The van der Waals surface area contributed by atoms with Gasteiger partial charge in [0, 0.05) is 6.04 Å². The molecule has 6 rings (SSSR count). The van der Waals surface area contributed by atoms with Crippen LogP contribution in [0.25, 0.3) is 0 Å². The van der Waals surface area contributed by atoms with E-state index in [2.05, 4.69) is 83.3 Å². The van der Waals surface area contributed by atoms with Crippen LogP contribution in [0.3, 0.4) is 0 Å². The van der Waals surface area contributed by atoms with Crippen LogP contribution in [-0.4, -0.2) is 12.6 Å². The molecule has 0 aromatic heterocycles. The van der Waals surface area contributed by atoms with Gasteiger partial charge in [-0.3, -0.25) is 0 Å². The van der Waals surface area contributed by atoms with E-state index in [0.29, 0.717) is 0 Å². The van der Waals surface area contributed by atoms with Gasteiger partial charge >= 0.3 is 0 Å². The minimum Gasteiger partial charge on any atom is -0.314 e. The Morgan fingerprint density at radius 2 is 0.923 bits per heavy atom. The molecule has 0 saturated heterocycles. The van der Waals surface area contributed by atoms with Crippen LogP contribution in [0.4, 0.5) is 0 Å².